The van der Waals surface area contributed by atoms with Crippen molar-refractivity contribution in [3.05, 3.63) is 48.7 Å². The van der Waals surface area contributed by atoms with Crippen LogP contribution >= 0.6 is 0 Å². The highest BCUT2D eigenvalue weighted by Gasteiger charge is 2.24. The van der Waals surface area contributed by atoms with E-state index in [-0.39, 0.29) is 24.3 Å². The molecule has 0 saturated carbocycles. The molecule has 27 heavy (non-hydrogen) atoms. The number of rotatable bonds is 5. The molecule has 1 aliphatic rings. The quantitative estimate of drug-likeness (QED) is 0.714. The maximum Gasteiger partial charge on any atom is 0.267 e. The van der Waals surface area contributed by atoms with Crippen LogP contribution in [-0.4, -0.2) is 56.1 Å². The largest absolute Gasteiger partial charge is 0.351 e. The topological polar surface area (TPSA) is 95.9 Å². The summed E-state index contributed by atoms with van der Waals surface area (Å²) >= 11 is 0. The van der Waals surface area contributed by atoms with E-state index >= 15 is 0 Å². The summed E-state index contributed by atoms with van der Waals surface area (Å²) in [6, 6.07) is 9.67. The summed E-state index contributed by atoms with van der Waals surface area (Å²) in [5, 5.41) is 8.00. The number of carbonyl (C=O) groups is 2. The lowest BCUT2D eigenvalue weighted by Crippen LogP contribution is -2.44. The highest BCUT2D eigenvalue weighted by Crippen LogP contribution is 2.17. The third kappa shape index (κ3) is 3.99. The predicted molar refractivity (Wildman–Crippen MR) is 100.0 cm³/mol. The Balaban J connectivity index is 1.31. The average Bonchev–Trinajstić information content (AvgIpc) is 3.35. The zero-order valence-corrected chi connectivity index (χ0v) is 15.0. The van der Waals surface area contributed by atoms with Gasteiger partial charge in [-0.15, -0.1) is 0 Å². The molecule has 1 aromatic carbocycles. The van der Waals surface area contributed by atoms with Gasteiger partial charge >= 0.3 is 0 Å². The summed E-state index contributed by atoms with van der Waals surface area (Å²) in [4.78, 5) is 33.7. The molecule has 0 aliphatic carbocycles. The van der Waals surface area contributed by atoms with E-state index in [1.54, 1.807) is 6.33 Å². The number of aromatic amines is 1. The van der Waals surface area contributed by atoms with Crippen LogP contribution in [0.15, 0.2) is 43.0 Å². The molecule has 0 spiro atoms. The second-order valence-corrected chi connectivity index (χ2v) is 6.92. The Hall–Kier alpha value is -3.16. The van der Waals surface area contributed by atoms with Gasteiger partial charge < -0.3 is 15.2 Å². The summed E-state index contributed by atoms with van der Waals surface area (Å²) in [6.45, 7) is 2.16. The van der Waals surface area contributed by atoms with E-state index in [1.165, 1.54) is 11.0 Å². The maximum absolute atomic E-state index is 12.4. The lowest BCUT2D eigenvalue weighted by Gasteiger charge is -2.32. The molecule has 1 aliphatic heterocycles. The third-order valence-electron chi connectivity index (χ3n) is 4.96. The number of carbonyl (C=O) groups excluding carboxylic acids is 2. The Morgan fingerprint density at radius 1 is 1.30 bits per heavy atom. The summed E-state index contributed by atoms with van der Waals surface area (Å²) < 4.78 is 1.53. The van der Waals surface area contributed by atoms with E-state index in [0.717, 1.165) is 30.3 Å². The number of amides is 2. The van der Waals surface area contributed by atoms with Gasteiger partial charge in [0.05, 0.1) is 0 Å². The zero-order chi connectivity index (χ0) is 18.6. The summed E-state index contributed by atoms with van der Waals surface area (Å²) in [7, 11) is 0. The molecular weight excluding hydrogens is 344 g/mol. The van der Waals surface area contributed by atoms with E-state index in [9.17, 15) is 9.59 Å². The lowest BCUT2D eigenvalue weighted by molar-refractivity contribution is -0.133. The monoisotopic (exact) mass is 366 g/mol. The van der Waals surface area contributed by atoms with Crippen molar-refractivity contribution in [2.75, 3.05) is 19.6 Å². The highest BCUT2D eigenvalue weighted by atomic mass is 16.2. The lowest BCUT2D eigenvalue weighted by atomic mass is 9.98. The Labute approximate surface area is 156 Å². The number of piperidine rings is 1. The average molecular weight is 366 g/mol. The number of hydrogen-bond acceptors (Lipinski definition) is 4. The molecular formula is C19H22N6O2. The fourth-order valence-electron chi connectivity index (χ4n) is 3.54. The van der Waals surface area contributed by atoms with Gasteiger partial charge in [-0.1, -0.05) is 18.2 Å². The normalized spacial score (nSPS) is 17.2. The number of hydrogen-bond donors (Lipinski definition) is 2. The van der Waals surface area contributed by atoms with Gasteiger partial charge in [-0.2, -0.15) is 5.10 Å². The molecule has 2 amide bonds. The summed E-state index contributed by atoms with van der Waals surface area (Å²) in [5.41, 5.74) is 1.51. The first-order valence-electron chi connectivity index (χ1n) is 9.15. The van der Waals surface area contributed by atoms with Crippen molar-refractivity contribution in [1.29, 1.82) is 0 Å². The molecule has 0 unspecified atom stereocenters. The van der Waals surface area contributed by atoms with Gasteiger partial charge in [-0.05, 0) is 30.9 Å². The Kier molecular flexibility index (Phi) is 4.86. The molecule has 1 atom stereocenters. The zero-order valence-electron chi connectivity index (χ0n) is 15.0. The van der Waals surface area contributed by atoms with E-state index in [1.807, 2.05) is 35.2 Å². The van der Waals surface area contributed by atoms with E-state index in [2.05, 4.69) is 20.4 Å². The van der Waals surface area contributed by atoms with Crippen LogP contribution in [0.25, 0.3) is 10.9 Å². The molecule has 3 aromatic rings. The SMILES string of the molecule is O=C(NC[C@@H]1CCCN(C(=O)Cn2cncn2)C1)c1cc2ccccc2[nH]1. The van der Waals surface area contributed by atoms with E-state index in [4.69, 9.17) is 0 Å². The van der Waals surface area contributed by atoms with Gasteiger partial charge in [0.15, 0.2) is 0 Å². The van der Waals surface area contributed by atoms with Crippen molar-refractivity contribution in [3.63, 3.8) is 0 Å². The van der Waals surface area contributed by atoms with Gasteiger partial charge in [-0.25, -0.2) is 9.67 Å². The van der Waals surface area contributed by atoms with Crippen molar-refractivity contribution in [2.45, 2.75) is 19.4 Å². The summed E-state index contributed by atoms with van der Waals surface area (Å²) in [5.74, 6) is 0.177. The second-order valence-electron chi connectivity index (χ2n) is 6.92. The fourth-order valence-corrected chi connectivity index (χ4v) is 3.54. The molecule has 1 fully saturated rings. The number of para-hydroxylation sites is 1. The molecule has 140 valence electrons. The fraction of sp³-hybridized carbons (Fsp3) is 0.368. The number of aromatic nitrogens is 4. The smallest absolute Gasteiger partial charge is 0.267 e. The van der Waals surface area contributed by atoms with Crippen LogP contribution in [0.2, 0.25) is 0 Å². The molecule has 0 radical (unpaired) electrons. The number of nitrogens with zero attached hydrogens (tertiary/aromatic N) is 4. The van der Waals surface area contributed by atoms with Crippen molar-refractivity contribution in [3.8, 4) is 0 Å². The van der Waals surface area contributed by atoms with Crippen LogP contribution < -0.4 is 5.32 Å². The van der Waals surface area contributed by atoms with E-state index in [0.29, 0.717) is 18.8 Å². The summed E-state index contributed by atoms with van der Waals surface area (Å²) in [6.07, 6.45) is 4.90. The van der Waals surface area contributed by atoms with Crippen LogP contribution in [0.4, 0.5) is 0 Å². The number of nitrogens with one attached hydrogen (secondary N) is 2. The van der Waals surface area contributed by atoms with Crippen LogP contribution in [0.1, 0.15) is 23.3 Å². The van der Waals surface area contributed by atoms with Gasteiger partial charge in [-0.3, -0.25) is 9.59 Å². The van der Waals surface area contributed by atoms with Crippen molar-refractivity contribution in [1.82, 2.24) is 30.0 Å². The molecule has 8 nitrogen and oxygen atoms in total. The minimum atomic E-state index is -0.114. The minimum absolute atomic E-state index is 0.0344. The van der Waals surface area contributed by atoms with Crippen LogP contribution in [-0.2, 0) is 11.3 Å². The van der Waals surface area contributed by atoms with Crippen LogP contribution in [0.5, 0.6) is 0 Å². The van der Waals surface area contributed by atoms with Crippen molar-refractivity contribution < 1.29 is 9.59 Å². The Morgan fingerprint density at radius 2 is 2.19 bits per heavy atom. The first-order chi connectivity index (χ1) is 13.2. The number of H-pyrrole nitrogens is 1. The second kappa shape index (κ2) is 7.61. The van der Waals surface area contributed by atoms with Gasteiger partial charge in [0.1, 0.15) is 24.9 Å². The number of benzene rings is 1. The number of likely N-dealkylation sites (tertiary alicyclic amines) is 1. The van der Waals surface area contributed by atoms with Crippen molar-refractivity contribution >= 4 is 22.7 Å². The first-order valence-corrected chi connectivity index (χ1v) is 9.15. The van der Waals surface area contributed by atoms with Gasteiger partial charge in [0, 0.05) is 30.5 Å². The molecule has 0 bridgehead atoms. The molecule has 8 heteroatoms. The highest BCUT2D eigenvalue weighted by molar-refractivity contribution is 5.97. The Bertz CT molecular complexity index is 900. The first kappa shape index (κ1) is 17.3. The predicted octanol–water partition coefficient (Wildman–Crippen LogP) is 1.43. The molecule has 2 N–H and O–H groups in total. The van der Waals surface area contributed by atoms with Gasteiger partial charge in [0.2, 0.25) is 5.91 Å². The minimum Gasteiger partial charge on any atom is -0.351 e. The third-order valence-corrected chi connectivity index (χ3v) is 4.96. The Morgan fingerprint density at radius 3 is 3.00 bits per heavy atom. The van der Waals surface area contributed by atoms with Crippen LogP contribution in [0, 0.1) is 5.92 Å². The molecule has 1 saturated heterocycles. The van der Waals surface area contributed by atoms with Crippen LogP contribution in [0.3, 0.4) is 0 Å². The maximum atomic E-state index is 12.4. The number of fused-ring (bicyclic) bond motifs is 1. The molecule has 3 heterocycles. The molecule has 2 aromatic heterocycles. The van der Waals surface area contributed by atoms with E-state index < -0.39 is 0 Å². The van der Waals surface area contributed by atoms with Gasteiger partial charge in [0.25, 0.3) is 5.91 Å². The molecule has 4 rings (SSSR count). The standard InChI is InChI=1S/C19H22N6O2/c26-18(11-25-13-20-12-22-25)24-7-3-4-14(10-24)9-21-19(27)17-8-15-5-1-2-6-16(15)23-17/h1-2,5-6,8,12-14,23H,3-4,7,9-11H2,(H,21,27)/t14-/m0/s1. The van der Waals surface area contributed by atoms with Crippen molar-refractivity contribution in [2.24, 2.45) is 5.92 Å².